The van der Waals surface area contributed by atoms with Crippen LogP contribution >= 0.6 is 22.9 Å². The van der Waals surface area contributed by atoms with E-state index in [2.05, 4.69) is 34.0 Å². The molecule has 2 unspecified atom stereocenters. The predicted octanol–water partition coefficient (Wildman–Crippen LogP) is 4.20. The van der Waals surface area contributed by atoms with Crippen LogP contribution in [0, 0.1) is 0 Å². The Balaban J connectivity index is 1.59. The van der Waals surface area contributed by atoms with Crippen molar-refractivity contribution in [3.63, 3.8) is 0 Å². The number of halogens is 1. The summed E-state index contributed by atoms with van der Waals surface area (Å²) >= 11 is 7.37. The number of amides is 2. The van der Waals surface area contributed by atoms with Gasteiger partial charge in [0.2, 0.25) is 0 Å². The number of likely N-dealkylation sites (tertiary alicyclic amines) is 1. The number of nitrogens with one attached hydrogen (secondary N) is 1. The van der Waals surface area contributed by atoms with Crippen molar-refractivity contribution in [2.24, 2.45) is 0 Å². The minimum absolute atomic E-state index is 0.123. The summed E-state index contributed by atoms with van der Waals surface area (Å²) in [7, 11) is 1.86. The normalized spacial score (nSPS) is 20.8. The maximum absolute atomic E-state index is 12.6. The maximum atomic E-state index is 12.6. The Morgan fingerprint density at radius 1 is 1.42 bits per heavy atom. The van der Waals surface area contributed by atoms with Gasteiger partial charge in [-0.05, 0) is 38.4 Å². The van der Waals surface area contributed by atoms with E-state index >= 15 is 0 Å². The van der Waals surface area contributed by atoms with Crippen LogP contribution in [0.2, 0.25) is 4.34 Å². The molecule has 6 nitrogen and oxygen atoms in total. The fourth-order valence-corrected chi connectivity index (χ4v) is 4.34. The van der Waals surface area contributed by atoms with Crippen molar-refractivity contribution in [1.29, 1.82) is 0 Å². The minimum atomic E-state index is -0.123. The zero-order chi connectivity index (χ0) is 18.7. The highest BCUT2D eigenvalue weighted by molar-refractivity contribution is 7.19. The lowest BCUT2D eigenvalue weighted by Crippen LogP contribution is -2.50. The number of nitrogens with zero attached hydrogens (tertiary/aromatic N) is 4. The van der Waals surface area contributed by atoms with E-state index in [9.17, 15) is 4.79 Å². The van der Waals surface area contributed by atoms with E-state index in [-0.39, 0.29) is 12.1 Å². The van der Waals surface area contributed by atoms with Crippen LogP contribution < -0.4 is 5.32 Å². The molecule has 0 saturated carbocycles. The molecule has 0 aromatic carbocycles. The predicted molar refractivity (Wildman–Crippen MR) is 107 cm³/mol. The summed E-state index contributed by atoms with van der Waals surface area (Å²) < 4.78 is 0.700. The number of rotatable bonds is 4. The Labute approximate surface area is 163 Å². The smallest absolute Gasteiger partial charge is 0.321 e. The summed E-state index contributed by atoms with van der Waals surface area (Å²) in [5.41, 5.74) is 0.590. The lowest BCUT2D eigenvalue weighted by atomic mass is 9.97. The van der Waals surface area contributed by atoms with Crippen LogP contribution in [-0.4, -0.2) is 58.0 Å². The fourth-order valence-electron chi connectivity index (χ4n) is 3.35. The summed E-state index contributed by atoms with van der Waals surface area (Å²) in [4.78, 5) is 26.4. The van der Waals surface area contributed by atoms with Gasteiger partial charge in [-0.2, -0.15) is 0 Å². The molecule has 0 radical (unpaired) electrons. The van der Waals surface area contributed by atoms with Gasteiger partial charge < -0.3 is 15.1 Å². The molecule has 0 spiro atoms. The van der Waals surface area contributed by atoms with Gasteiger partial charge in [0.15, 0.2) is 5.82 Å². The number of urea groups is 1. The van der Waals surface area contributed by atoms with E-state index in [0.717, 1.165) is 30.8 Å². The molecule has 26 heavy (non-hydrogen) atoms. The molecular weight excluding hydrogens is 370 g/mol. The highest BCUT2D eigenvalue weighted by atomic mass is 35.5. The highest BCUT2D eigenvalue weighted by Crippen LogP contribution is 2.28. The standard InChI is InChI=1S/C18H24ClN5OS/c1-4-24-8-7-14(9-12(24)2)23(3)18(25)22-13-10-20-17(21-11-13)15-5-6-16(19)26-15/h5-6,10-12,14H,4,7-9H2,1-3H3,(H,22,25). The first-order valence-electron chi connectivity index (χ1n) is 8.83. The summed E-state index contributed by atoms with van der Waals surface area (Å²) in [5, 5.41) is 2.89. The van der Waals surface area contributed by atoms with Crippen LogP contribution in [0.5, 0.6) is 0 Å². The van der Waals surface area contributed by atoms with Gasteiger partial charge in [-0.15, -0.1) is 11.3 Å². The van der Waals surface area contributed by atoms with Crippen LogP contribution in [0.1, 0.15) is 26.7 Å². The molecule has 1 saturated heterocycles. The van der Waals surface area contributed by atoms with Crippen LogP contribution in [0.15, 0.2) is 24.5 Å². The Morgan fingerprint density at radius 2 is 2.15 bits per heavy atom. The molecule has 2 amide bonds. The molecule has 0 aliphatic carbocycles. The third-order valence-electron chi connectivity index (χ3n) is 4.96. The van der Waals surface area contributed by atoms with Crippen molar-refractivity contribution in [2.45, 2.75) is 38.8 Å². The molecule has 8 heteroatoms. The molecule has 3 rings (SSSR count). The fraction of sp³-hybridized carbons (Fsp3) is 0.500. The molecule has 1 aliphatic heterocycles. The van der Waals surface area contributed by atoms with Crippen molar-refractivity contribution >= 4 is 34.7 Å². The van der Waals surface area contributed by atoms with Crippen LogP contribution in [0.4, 0.5) is 10.5 Å². The average molecular weight is 394 g/mol. The van der Waals surface area contributed by atoms with E-state index in [1.807, 2.05) is 19.2 Å². The summed E-state index contributed by atoms with van der Waals surface area (Å²) in [5.74, 6) is 0.606. The molecule has 0 bridgehead atoms. The Bertz CT molecular complexity index is 750. The number of carbonyl (C=O) groups is 1. The first kappa shape index (κ1) is 19.1. The molecule has 2 aromatic heterocycles. The van der Waals surface area contributed by atoms with Gasteiger partial charge in [0.05, 0.1) is 27.3 Å². The van der Waals surface area contributed by atoms with Crippen LogP contribution in [0.25, 0.3) is 10.7 Å². The van der Waals surface area contributed by atoms with Gasteiger partial charge in [-0.3, -0.25) is 0 Å². The van der Waals surface area contributed by atoms with Crippen molar-refractivity contribution in [1.82, 2.24) is 19.8 Å². The Morgan fingerprint density at radius 3 is 2.73 bits per heavy atom. The lowest BCUT2D eigenvalue weighted by Gasteiger charge is -2.40. The topological polar surface area (TPSA) is 61.4 Å². The number of hydrogen-bond donors (Lipinski definition) is 1. The second-order valence-electron chi connectivity index (χ2n) is 6.60. The number of carbonyl (C=O) groups excluding carboxylic acids is 1. The molecule has 1 fully saturated rings. The third kappa shape index (κ3) is 4.34. The largest absolute Gasteiger partial charge is 0.325 e. The third-order valence-corrected chi connectivity index (χ3v) is 6.18. The van der Waals surface area contributed by atoms with Crippen molar-refractivity contribution in [3.8, 4) is 10.7 Å². The van der Waals surface area contributed by atoms with Crippen molar-refractivity contribution in [3.05, 3.63) is 28.9 Å². The Kier molecular flexibility index (Phi) is 6.11. The maximum Gasteiger partial charge on any atom is 0.321 e. The molecule has 3 heterocycles. The molecule has 140 valence electrons. The van der Waals surface area contributed by atoms with Crippen molar-refractivity contribution in [2.75, 3.05) is 25.5 Å². The van der Waals surface area contributed by atoms with Crippen LogP contribution in [-0.2, 0) is 0 Å². The number of thiophene rings is 1. The van der Waals surface area contributed by atoms with E-state index < -0.39 is 0 Å². The number of aromatic nitrogens is 2. The molecular formula is C18H24ClN5OS. The summed E-state index contributed by atoms with van der Waals surface area (Å²) in [6.45, 7) is 6.50. The van der Waals surface area contributed by atoms with E-state index in [0.29, 0.717) is 21.9 Å². The van der Waals surface area contributed by atoms with Gasteiger partial charge in [-0.25, -0.2) is 14.8 Å². The Hall–Kier alpha value is -1.70. The first-order chi connectivity index (χ1) is 12.5. The van der Waals surface area contributed by atoms with Crippen LogP contribution in [0.3, 0.4) is 0 Å². The first-order valence-corrected chi connectivity index (χ1v) is 10.0. The molecule has 1 N–H and O–H groups in total. The van der Waals surface area contributed by atoms with Gasteiger partial charge in [0.25, 0.3) is 0 Å². The summed E-state index contributed by atoms with van der Waals surface area (Å²) in [6.07, 6.45) is 5.25. The summed E-state index contributed by atoms with van der Waals surface area (Å²) in [6, 6.07) is 4.33. The quantitative estimate of drug-likeness (QED) is 0.845. The van der Waals surface area contributed by atoms with E-state index in [1.165, 1.54) is 11.3 Å². The molecule has 1 aliphatic rings. The molecule has 2 aromatic rings. The van der Waals surface area contributed by atoms with Gasteiger partial charge in [0, 0.05) is 25.7 Å². The van der Waals surface area contributed by atoms with Crippen molar-refractivity contribution < 1.29 is 4.79 Å². The van der Waals surface area contributed by atoms with E-state index in [1.54, 1.807) is 17.3 Å². The number of anilines is 1. The van der Waals surface area contributed by atoms with Gasteiger partial charge in [0.1, 0.15) is 0 Å². The lowest BCUT2D eigenvalue weighted by molar-refractivity contribution is 0.104. The minimum Gasteiger partial charge on any atom is -0.325 e. The second kappa shape index (κ2) is 8.33. The average Bonchev–Trinajstić information content (AvgIpc) is 3.08. The molecule has 2 atom stereocenters. The SMILES string of the molecule is CCN1CCC(N(C)C(=O)Nc2cnc(-c3ccc(Cl)s3)nc2)CC1C. The van der Waals surface area contributed by atoms with E-state index in [4.69, 9.17) is 11.6 Å². The zero-order valence-corrected chi connectivity index (χ0v) is 16.8. The number of piperidine rings is 1. The monoisotopic (exact) mass is 393 g/mol. The van der Waals surface area contributed by atoms with Gasteiger partial charge in [-0.1, -0.05) is 18.5 Å². The van der Waals surface area contributed by atoms with Gasteiger partial charge >= 0.3 is 6.03 Å². The number of hydrogen-bond acceptors (Lipinski definition) is 5. The second-order valence-corrected chi connectivity index (χ2v) is 8.31. The highest BCUT2D eigenvalue weighted by Gasteiger charge is 2.29. The zero-order valence-electron chi connectivity index (χ0n) is 15.3.